The van der Waals surface area contributed by atoms with Gasteiger partial charge in [0.05, 0.1) is 10.9 Å². The fourth-order valence-electron chi connectivity index (χ4n) is 4.39. The molecule has 0 amide bonds. The van der Waals surface area contributed by atoms with Crippen LogP contribution in [0.1, 0.15) is 36.0 Å². The lowest BCUT2D eigenvalue weighted by atomic mass is 9.77. The van der Waals surface area contributed by atoms with Gasteiger partial charge in [-0.3, -0.25) is 0 Å². The second kappa shape index (κ2) is 8.34. The van der Waals surface area contributed by atoms with Crippen LogP contribution in [0.15, 0.2) is 89.8 Å². The second-order valence-corrected chi connectivity index (χ2v) is 9.83. The monoisotopic (exact) mass is 421 g/mol. The Morgan fingerprint density at radius 1 is 0.833 bits per heavy atom. The summed E-state index contributed by atoms with van der Waals surface area (Å²) in [6, 6.07) is 25.1. The van der Waals surface area contributed by atoms with E-state index in [-0.39, 0.29) is 4.90 Å². The van der Waals surface area contributed by atoms with Crippen LogP contribution in [0.25, 0.3) is 0 Å². The average Bonchev–Trinajstić information content (AvgIpc) is 2.80. The highest BCUT2D eigenvalue weighted by Crippen LogP contribution is 2.41. The lowest BCUT2D eigenvalue weighted by molar-refractivity contribution is -0.00658. The van der Waals surface area contributed by atoms with Crippen molar-refractivity contribution in [2.24, 2.45) is 0 Å². The van der Waals surface area contributed by atoms with E-state index in [1.54, 1.807) is 12.1 Å². The number of benzene rings is 3. The van der Waals surface area contributed by atoms with Gasteiger partial charge in [-0.25, -0.2) is 8.42 Å². The van der Waals surface area contributed by atoms with Crippen molar-refractivity contribution in [1.29, 1.82) is 0 Å². The third-order valence-corrected chi connectivity index (χ3v) is 7.91. The number of hydrogen-bond donors (Lipinski definition) is 1. The molecular weight excluding hydrogens is 394 g/mol. The van der Waals surface area contributed by atoms with Gasteiger partial charge < -0.3 is 5.11 Å². The Morgan fingerprint density at radius 3 is 1.90 bits per heavy atom. The molecule has 1 saturated heterocycles. The zero-order valence-electron chi connectivity index (χ0n) is 17.1. The van der Waals surface area contributed by atoms with Crippen LogP contribution in [-0.2, 0) is 15.6 Å². The maximum absolute atomic E-state index is 13.6. The molecule has 0 spiro atoms. The summed E-state index contributed by atoms with van der Waals surface area (Å²) in [5, 5.41) is 12.2. The van der Waals surface area contributed by atoms with Crippen molar-refractivity contribution in [3.63, 3.8) is 0 Å². The van der Waals surface area contributed by atoms with Gasteiger partial charge in [0.1, 0.15) is 5.60 Å². The molecule has 1 unspecified atom stereocenters. The Hall–Kier alpha value is -2.47. The van der Waals surface area contributed by atoms with Crippen LogP contribution >= 0.6 is 0 Å². The third-order valence-electron chi connectivity index (χ3n) is 5.99. The minimum Gasteiger partial charge on any atom is -0.379 e. The molecule has 0 aromatic heterocycles. The van der Waals surface area contributed by atoms with Crippen molar-refractivity contribution < 1.29 is 13.5 Å². The molecule has 156 valence electrons. The lowest BCUT2D eigenvalue weighted by Gasteiger charge is -2.45. The lowest BCUT2D eigenvalue weighted by Crippen LogP contribution is -2.55. The predicted molar refractivity (Wildman–Crippen MR) is 119 cm³/mol. The smallest absolute Gasteiger partial charge is 0.243 e. The highest BCUT2D eigenvalue weighted by molar-refractivity contribution is 7.89. The summed E-state index contributed by atoms with van der Waals surface area (Å²) < 4.78 is 28.8. The topological polar surface area (TPSA) is 57.6 Å². The van der Waals surface area contributed by atoms with Crippen LogP contribution < -0.4 is 0 Å². The van der Waals surface area contributed by atoms with E-state index in [1.807, 2.05) is 79.7 Å². The van der Waals surface area contributed by atoms with E-state index in [0.717, 1.165) is 18.4 Å². The van der Waals surface area contributed by atoms with Gasteiger partial charge >= 0.3 is 0 Å². The fraction of sp³-hybridized carbons (Fsp3) is 0.280. The quantitative estimate of drug-likeness (QED) is 0.661. The van der Waals surface area contributed by atoms with Crippen molar-refractivity contribution in [1.82, 2.24) is 4.31 Å². The summed E-state index contributed by atoms with van der Waals surface area (Å²) in [6.45, 7) is 2.33. The Bertz CT molecular complexity index is 1040. The summed E-state index contributed by atoms with van der Waals surface area (Å²) in [6.07, 6.45) is 2.24. The van der Waals surface area contributed by atoms with E-state index in [0.29, 0.717) is 24.1 Å². The van der Waals surface area contributed by atoms with E-state index >= 15 is 0 Å². The molecule has 1 heterocycles. The van der Waals surface area contributed by atoms with Crippen LogP contribution in [0.5, 0.6) is 0 Å². The van der Waals surface area contributed by atoms with E-state index in [9.17, 15) is 13.5 Å². The number of nitrogens with zero attached hydrogens (tertiary/aromatic N) is 1. The Morgan fingerprint density at radius 2 is 1.37 bits per heavy atom. The molecule has 1 N–H and O–H groups in total. The first-order chi connectivity index (χ1) is 14.4. The molecule has 0 saturated carbocycles. The van der Waals surface area contributed by atoms with Crippen LogP contribution in [-0.4, -0.2) is 30.4 Å². The van der Waals surface area contributed by atoms with Crippen LogP contribution in [0.3, 0.4) is 0 Å². The number of hydrogen-bond acceptors (Lipinski definition) is 3. The first-order valence-electron chi connectivity index (χ1n) is 10.4. The summed E-state index contributed by atoms with van der Waals surface area (Å²) in [4.78, 5) is 0.267. The Balaban J connectivity index is 1.86. The Kier molecular flexibility index (Phi) is 5.78. The summed E-state index contributed by atoms with van der Waals surface area (Å²) in [5.74, 6) is 0. The number of aliphatic hydroxyl groups is 1. The number of rotatable bonds is 5. The molecule has 1 aliphatic rings. The van der Waals surface area contributed by atoms with Gasteiger partial charge in [0, 0.05) is 6.54 Å². The van der Waals surface area contributed by atoms with Crippen LogP contribution in [0, 0.1) is 6.92 Å². The van der Waals surface area contributed by atoms with Crippen molar-refractivity contribution in [3.8, 4) is 0 Å². The molecule has 1 aliphatic heterocycles. The van der Waals surface area contributed by atoms with Crippen molar-refractivity contribution >= 4 is 10.0 Å². The molecule has 0 aliphatic carbocycles. The third kappa shape index (κ3) is 3.69. The van der Waals surface area contributed by atoms with Crippen LogP contribution in [0.2, 0.25) is 0 Å². The van der Waals surface area contributed by atoms with Gasteiger partial charge in [0.25, 0.3) is 0 Å². The summed E-state index contributed by atoms with van der Waals surface area (Å²) in [5.41, 5.74) is 0.967. The second-order valence-electron chi connectivity index (χ2n) is 7.94. The SMILES string of the molecule is Cc1ccc(S(=O)(=O)N2CCCCC2C(O)(c2ccccc2)c2ccccc2)cc1. The predicted octanol–water partition coefficient (Wildman–Crippen LogP) is 4.47. The highest BCUT2D eigenvalue weighted by Gasteiger charge is 2.48. The van der Waals surface area contributed by atoms with Gasteiger partial charge in [-0.15, -0.1) is 0 Å². The molecule has 1 fully saturated rings. The van der Waals surface area contributed by atoms with Gasteiger partial charge in [0.2, 0.25) is 10.0 Å². The maximum Gasteiger partial charge on any atom is 0.243 e. The highest BCUT2D eigenvalue weighted by atomic mass is 32.2. The standard InChI is InChI=1S/C25H27NO3S/c1-20-15-17-23(18-16-20)30(28,29)26-19-9-8-14-24(26)25(27,21-10-4-2-5-11-21)22-12-6-3-7-13-22/h2-7,10-13,15-18,24,27H,8-9,14,19H2,1H3. The van der Waals surface area contributed by atoms with E-state index in [2.05, 4.69) is 0 Å². The Labute approximate surface area is 178 Å². The number of piperidine rings is 1. The molecule has 1 atom stereocenters. The minimum absolute atomic E-state index is 0.267. The van der Waals surface area contributed by atoms with Gasteiger partial charge in [0.15, 0.2) is 0 Å². The first kappa shape index (κ1) is 20.8. The molecule has 3 aromatic rings. The van der Waals surface area contributed by atoms with Crippen molar-refractivity contribution in [2.75, 3.05) is 6.54 Å². The molecular formula is C25H27NO3S. The molecule has 0 bridgehead atoms. The molecule has 4 nitrogen and oxygen atoms in total. The molecule has 3 aromatic carbocycles. The van der Waals surface area contributed by atoms with E-state index in [4.69, 9.17) is 0 Å². The molecule has 5 heteroatoms. The zero-order valence-corrected chi connectivity index (χ0v) is 17.9. The minimum atomic E-state index is -3.75. The molecule has 30 heavy (non-hydrogen) atoms. The van der Waals surface area contributed by atoms with Crippen LogP contribution in [0.4, 0.5) is 0 Å². The largest absolute Gasteiger partial charge is 0.379 e. The maximum atomic E-state index is 13.6. The zero-order chi connectivity index (χ0) is 21.2. The number of aryl methyl sites for hydroxylation is 1. The number of sulfonamides is 1. The van der Waals surface area contributed by atoms with Crippen molar-refractivity contribution in [2.45, 2.75) is 42.7 Å². The first-order valence-corrected chi connectivity index (χ1v) is 11.8. The molecule has 4 rings (SSSR count). The van der Waals surface area contributed by atoms with Crippen molar-refractivity contribution in [3.05, 3.63) is 102 Å². The van der Waals surface area contributed by atoms with Gasteiger partial charge in [-0.2, -0.15) is 4.31 Å². The van der Waals surface area contributed by atoms with E-state index < -0.39 is 21.7 Å². The van der Waals surface area contributed by atoms with Gasteiger partial charge in [-0.1, -0.05) is 84.8 Å². The summed E-state index contributed by atoms with van der Waals surface area (Å²) >= 11 is 0. The van der Waals surface area contributed by atoms with E-state index in [1.165, 1.54) is 4.31 Å². The summed E-state index contributed by atoms with van der Waals surface area (Å²) in [7, 11) is -3.75. The normalized spacial score (nSPS) is 18.3. The van der Waals surface area contributed by atoms with Gasteiger partial charge in [-0.05, 0) is 43.0 Å². The average molecular weight is 422 g/mol. The molecule has 0 radical (unpaired) electrons. The fourth-order valence-corrected chi connectivity index (χ4v) is 6.10.